The molecule has 0 aromatic carbocycles. The van der Waals surface area contributed by atoms with Crippen molar-refractivity contribution >= 4 is 11.8 Å². The van der Waals surface area contributed by atoms with Gasteiger partial charge in [0, 0.05) is 0 Å². The van der Waals surface area contributed by atoms with Crippen LogP contribution < -0.4 is 5.32 Å². The van der Waals surface area contributed by atoms with Crippen molar-refractivity contribution in [2.45, 2.75) is 26.3 Å². The van der Waals surface area contributed by atoms with Gasteiger partial charge in [-0.15, -0.1) is 0 Å². The number of hydrogen-bond acceptors (Lipinski definition) is 3. The first-order chi connectivity index (χ1) is 7.49. The summed E-state index contributed by atoms with van der Waals surface area (Å²) in [5.74, 6) is -0.746. The van der Waals surface area contributed by atoms with E-state index in [9.17, 15) is 9.18 Å². The lowest BCUT2D eigenvalue weighted by Gasteiger charge is -2.16. The van der Waals surface area contributed by atoms with Crippen molar-refractivity contribution in [3.8, 4) is 0 Å². The molecule has 0 bridgehead atoms. The van der Waals surface area contributed by atoms with Gasteiger partial charge in [-0.3, -0.25) is 0 Å². The molecule has 1 aromatic rings. The quantitative estimate of drug-likeness (QED) is 0.807. The highest BCUT2D eigenvalue weighted by Crippen LogP contribution is 2.11. The normalized spacial score (nSPS) is 12.5. The molecular weight excluding hydrogens is 211 g/mol. The maximum Gasteiger partial charge on any atom is 0.326 e. The van der Waals surface area contributed by atoms with Gasteiger partial charge in [-0.1, -0.05) is 13.8 Å². The molecule has 1 rings (SSSR count). The second-order valence-electron chi connectivity index (χ2n) is 4.03. The first kappa shape index (κ1) is 12.4. The SMILES string of the molecule is CC(C)CC(Nc1ccc(F)cn1)C(=O)O. The lowest BCUT2D eigenvalue weighted by Crippen LogP contribution is -2.31. The predicted octanol–water partition coefficient (Wildman–Crippen LogP) is 2.13. The fourth-order valence-corrected chi connectivity index (χ4v) is 1.33. The van der Waals surface area contributed by atoms with E-state index < -0.39 is 17.8 Å². The van der Waals surface area contributed by atoms with Crippen molar-refractivity contribution in [3.63, 3.8) is 0 Å². The molecule has 5 heteroatoms. The molecule has 0 aliphatic rings. The lowest BCUT2D eigenvalue weighted by atomic mass is 10.0. The molecule has 1 unspecified atom stereocenters. The van der Waals surface area contributed by atoms with Gasteiger partial charge in [-0.25, -0.2) is 14.2 Å². The Morgan fingerprint density at radius 3 is 2.69 bits per heavy atom. The Labute approximate surface area is 93.5 Å². The third kappa shape index (κ3) is 3.84. The molecule has 1 atom stereocenters. The van der Waals surface area contributed by atoms with E-state index in [2.05, 4.69) is 10.3 Å². The highest BCUT2D eigenvalue weighted by atomic mass is 19.1. The Kier molecular flexibility index (Phi) is 4.22. The average Bonchev–Trinajstić information content (AvgIpc) is 2.19. The van der Waals surface area contributed by atoms with Crippen molar-refractivity contribution in [2.24, 2.45) is 5.92 Å². The highest BCUT2D eigenvalue weighted by Gasteiger charge is 2.18. The summed E-state index contributed by atoms with van der Waals surface area (Å²) < 4.78 is 12.6. The van der Waals surface area contributed by atoms with Gasteiger partial charge in [0.25, 0.3) is 0 Å². The Bertz CT molecular complexity index is 352. The molecule has 16 heavy (non-hydrogen) atoms. The summed E-state index contributed by atoms with van der Waals surface area (Å²) in [5.41, 5.74) is 0. The standard InChI is InChI=1S/C11H15FN2O2/c1-7(2)5-9(11(15)16)14-10-4-3-8(12)6-13-10/h3-4,6-7,9H,5H2,1-2H3,(H,13,14)(H,15,16). The minimum absolute atomic E-state index is 0.258. The monoisotopic (exact) mass is 226 g/mol. The molecule has 1 aromatic heterocycles. The summed E-state index contributed by atoms with van der Waals surface area (Å²) in [6.45, 7) is 3.88. The summed E-state index contributed by atoms with van der Waals surface area (Å²) in [4.78, 5) is 14.7. The minimum Gasteiger partial charge on any atom is -0.480 e. The molecule has 0 aliphatic heterocycles. The first-order valence-electron chi connectivity index (χ1n) is 5.10. The van der Waals surface area contributed by atoms with Crippen LogP contribution in [0.25, 0.3) is 0 Å². The largest absolute Gasteiger partial charge is 0.480 e. The van der Waals surface area contributed by atoms with Gasteiger partial charge in [0.2, 0.25) is 0 Å². The van der Waals surface area contributed by atoms with Crippen LogP contribution in [0.1, 0.15) is 20.3 Å². The van der Waals surface area contributed by atoms with E-state index in [1.54, 1.807) is 0 Å². The first-order valence-corrected chi connectivity index (χ1v) is 5.10. The van der Waals surface area contributed by atoms with Crippen molar-refractivity contribution < 1.29 is 14.3 Å². The molecule has 88 valence electrons. The van der Waals surface area contributed by atoms with Gasteiger partial charge in [0.05, 0.1) is 6.20 Å². The number of aromatic nitrogens is 1. The third-order valence-electron chi connectivity index (χ3n) is 2.05. The van der Waals surface area contributed by atoms with Crippen LogP contribution in [0.2, 0.25) is 0 Å². The van der Waals surface area contributed by atoms with Gasteiger partial charge in [-0.2, -0.15) is 0 Å². The summed E-state index contributed by atoms with van der Waals surface area (Å²) in [6.07, 6.45) is 1.55. The number of halogens is 1. The van der Waals surface area contributed by atoms with Crippen molar-refractivity contribution in [2.75, 3.05) is 5.32 Å². The minimum atomic E-state index is -0.931. The number of hydrogen-bond donors (Lipinski definition) is 2. The summed E-state index contributed by atoms with van der Waals surface area (Å²) in [5, 5.41) is 11.7. The van der Waals surface area contributed by atoms with Gasteiger partial charge in [-0.05, 0) is 24.5 Å². The van der Waals surface area contributed by atoms with Gasteiger partial charge >= 0.3 is 5.97 Å². The van der Waals surface area contributed by atoms with Crippen LogP contribution in [-0.4, -0.2) is 22.1 Å². The zero-order valence-electron chi connectivity index (χ0n) is 9.27. The maximum atomic E-state index is 12.6. The summed E-state index contributed by atoms with van der Waals surface area (Å²) >= 11 is 0. The Morgan fingerprint density at radius 2 is 2.25 bits per heavy atom. The van der Waals surface area contributed by atoms with Crippen molar-refractivity contribution in [3.05, 3.63) is 24.1 Å². The summed E-state index contributed by atoms with van der Waals surface area (Å²) in [7, 11) is 0. The number of pyridine rings is 1. The van der Waals surface area contributed by atoms with E-state index in [0.717, 1.165) is 6.20 Å². The van der Waals surface area contributed by atoms with Crippen LogP contribution in [0, 0.1) is 11.7 Å². The summed E-state index contributed by atoms with van der Waals surface area (Å²) in [6, 6.07) is 1.97. The molecule has 0 radical (unpaired) electrons. The molecule has 0 saturated carbocycles. The van der Waals surface area contributed by atoms with Gasteiger partial charge in [0.15, 0.2) is 0 Å². The number of carboxylic acid groups (broad SMARTS) is 1. The van der Waals surface area contributed by atoms with Crippen LogP contribution in [0.15, 0.2) is 18.3 Å². The van der Waals surface area contributed by atoms with Crippen LogP contribution in [-0.2, 0) is 4.79 Å². The Morgan fingerprint density at radius 1 is 1.56 bits per heavy atom. The second-order valence-corrected chi connectivity index (χ2v) is 4.03. The van der Waals surface area contributed by atoms with Crippen LogP contribution in [0.4, 0.5) is 10.2 Å². The van der Waals surface area contributed by atoms with Crippen LogP contribution in [0.3, 0.4) is 0 Å². The van der Waals surface area contributed by atoms with E-state index in [1.807, 2.05) is 13.8 Å². The molecule has 4 nitrogen and oxygen atoms in total. The fraction of sp³-hybridized carbons (Fsp3) is 0.455. The van der Waals surface area contributed by atoms with Crippen molar-refractivity contribution in [1.82, 2.24) is 4.98 Å². The molecule has 0 spiro atoms. The molecule has 1 heterocycles. The highest BCUT2D eigenvalue weighted by molar-refractivity contribution is 5.76. The Balaban J connectivity index is 2.68. The smallest absolute Gasteiger partial charge is 0.326 e. The third-order valence-corrected chi connectivity index (χ3v) is 2.05. The molecule has 0 amide bonds. The molecule has 0 aliphatic carbocycles. The number of anilines is 1. The van der Waals surface area contributed by atoms with Crippen LogP contribution in [0.5, 0.6) is 0 Å². The van der Waals surface area contributed by atoms with Crippen LogP contribution >= 0.6 is 0 Å². The molecule has 2 N–H and O–H groups in total. The van der Waals surface area contributed by atoms with E-state index >= 15 is 0 Å². The number of rotatable bonds is 5. The van der Waals surface area contributed by atoms with E-state index in [0.29, 0.717) is 12.2 Å². The zero-order valence-corrected chi connectivity index (χ0v) is 9.27. The Hall–Kier alpha value is -1.65. The molecule has 0 saturated heterocycles. The van der Waals surface area contributed by atoms with E-state index in [-0.39, 0.29) is 5.92 Å². The second kappa shape index (κ2) is 5.44. The predicted molar refractivity (Wildman–Crippen MR) is 58.7 cm³/mol. The number of aliphatic carboxylic acids is 1. The van der Waals surface area contributed by atoms with E-state index in [1.165, 1.54) is 12.1 Å². The van der Waals surface area contributed by atoms with Gasteiger partial charge < -0.3 is 10.4 Å². The molecular formula is C11H15FN2O2. The lowest BCUT2D eigenvalue weighted by molar-refractivity contribution is -0.138. The molecule has 0 fully saturated rings. The number of carboxylic acids is 1. The number of nitrogens with zero attached hydrogens (tertiary/aromatic N) is 1. The number of carbonyl (C=O) groups is 1. The topological polar surface area (TPSA) is 62.2 Å². The average molecular weight is 226 g/mol. The zero-order chi connectivity index (χ0) is 12.1. The fourth-order valence-electron chi connectivity index (χ4n) is 1.33. The maximum absolute atomic E-state index is 12.6. The number of nitrogens with one attached hydrogen (secondary N) is 1. The van der Waals surface area contributed by atoms with E-state index in [4.69, 9.17) is 5.11 Å². The van der Waals surface area contributed by atoms with Crippen molar-refractivity contribution in [1.29, 1.82) is 0 Å². The van der Waals surface area contributed by atoms with Gasteiger partial charge in [0.1, 0.15) is 17.7 Å².